The third kappa shape index (κ3) is 5.17. The predicted molar refractivity (Wildman–Crippen MR) is 77.0 cm³/mol. The summed E-state index contributed by atoms with van der Waals surface area (Å²) in [5.41, 5.74) is 5.79. The van der Waals surface area contributed by atoms with Crippen LogP contribution in [0.5, 0.6) is 0 Å². The molecule has 1 saturated heterocycles. The molecule has 0 aromatic carbocycles. The SMILES string of the molecule is Cn1nc(C(=O)O)cc1C(=O)N1CCCC1CN.O=C(O)C(F)(F)F. The van der Waals surface area contributed by atoms with Crippen LogP contribution in [0, 0.1) is 0 Å². The third-order valence-electron chi connectivity index (χ3n) is 3.47. The van der Waals surface area contributed by atoms with Crippen LogP contribution in [-0.2, 0) is 11.8 Å². The van der Waals surface area contributed by atoms with E-state index in [9.17, 15) is 22.8 Å². The van der Waals surface area contributed by atoms with Crippen molar-refractivity contribution < 1.29 is 37.8 Å². The Labute approximate surface area is 139 Å². The zero-order valence-corrected chi connectivity index (χ0v) is 13.2. The fourth-order valence-electron chi connectivity index (χ4n) is 2.27. The van der Waals surface area contributed by atoms with E-state index in [1.54, 1.807) is 11.9 Å². The van der Waals surface area contributed by atoms with Gasteiger partial charge in [-0.2, -0.15) is 18.3 Å². The molecule has 1 unspecified atom stereocenters. The predicted octanol–water partition coefficient (Wildman–Crippen LogP) is 0.315. The van der Waals surface area contributed by atoms with E-state index in [0.29, 0.717) is 13.1 Å². The van der Waals surface area contributed by atoms with E-state index in [-0.39, 0.29) is 23.3 Å². The quantitative estimate of drug-likeness (QED) is 0.700. The van der Waals surface area contributed by atoms with E-state index in [4.69, 9.17) is 20.7 Å². The standard InChI is InChI=1S/C11H16N4O3.C2HF3O2/c1-14-9(5-8(13-14)11(17)18)10(16)15-4-2-3-7(15)6-12;3-2(4,5)1(6)7/h5,7H,2-4,6,12H2,1H3,(H,17,18);(H,6,7). The first-order valence-electron chi connectivity index (χ1n) is 7.07. The molecule has 12 heteroatoms. The lowest BCUT2D eigenvalue weighted by Crippen LogP contribution is -2.40. The Kier molecular flexibility index (Phi) is 6.50. The van der Waals surface area contributed by atoms with Gasteiger partial charge in [-0.1, -0.05) is 0 Å². The minimum Gasteiger partial charge on any atom is -0.476 e. The van der Waals surface area contributed by atoms with Gasteiger partial charge in [0.25, 0.3) is 5.91 Å². The third-order valence-corrected chi connectivity index (χ3v) is 3.47. The number of amides is 1. The average Bonchev–Trinajstić information content (AvgIpc) is 3.12. The van der Waals surface area contributed by atoms with Crippen molar-refractivity contribution in [2.45, 2.75) is 25.1 Å². The zero-order chi connectivity index (χ0) is 19.4. The van der Waals surface area contributed by atoms with Crippen LogP contribution < -0.4 is 5.73 Å². The molecule has 1 amide bonds. The Morgan fingerprint density at radius 3 is 2.32 bits per heavy atom. The lowest BCUT2D eigenvalue weighted by Gasteiger charge is -2.23. The van der Waals surface area contributed by atoms with Crippen LogP contribution in [0.25, 0.3) is 0 Å². The molecule has 25 heavy (non-hydrogen) atoms. The van der Waals surface area contributed by atoms with Gasteiger partial charge in [0.1, 0.15) is 5.69 Å². The number of carboxylic acids is 2. The number of aromatic nitrogens is 2. The van der Waals surface area contributed by atoms with Gasteiger partial charge in [0, 0.05) is 32.2 Å². The Morgan fingerprint density at radius 1 is 1.36 bits per heavy atom. The number of rotatable bonds is 3. The molecular weight excluding hydrogens is 349 g/mol. The number of carbonyl (C=O) groups excluding carboxylic acids is 1. The number of alkyl halides is 3. The summed E-state index contributed by atoms with van der Waals surface area (Å²) < 4.78 is 33.0. The molecule has 0 spiro atoms. The Balaban J connectivity index is 0.000000381. The summed E-state index contributed by atoms with van der Waals surface area (Å²) in [6.07, 6.45) is -3.26. The van der Waals surface area contributed by atoms with Gasteiger partial charge in [0.2, 0.25) is 0 Å². The summed E-state index contributed by atoms with van der Waals surface area (Å²) in [7, 11) is 1.56. The van der Waals surface area contributed by atoms with Crippen LogP contribution in [-0.4, -0.2) is 68.0 Å². The molecule has 1 aliphatic rings. The highest BCUT2D eigenvalue weighted by Crippen LogP contribution is 2.19. The summed E-state index contributed by atoms with van der Waals surface area (Å²) >= 11 is 0. The molecule has 1 fully saturated rings. The van der Waals surface area contributed by atoms with E-state index in [1.165, 1.54) is 10.7 Å². The number of carbonyl (C=O) groups is 3. The first-order chi connectivity index (χ1) is 11.5. The number of nitrogens with two attached hydrogens (primary N) is 1. The fourth-order valence-corrected chi connectivity index (χ4v) is 2.27. The number of likely N-dealkylation sites (tertiary alicyclic amines) is 1. The summed E-state index contributed by atoms with van der Waals surface area (Å²) in [6.45, 7) is 1.09. The number of halogens is 3. The van der Waals surface area contributed by atoms with Crippen molar-refractivity contribution in [3.8, 4) is 0 Å². The number of aliphatic carboxylic acids is 1. The minimum atomic E-state index is -5.08. The van der Waals surface area contributed by atoms with Gasteiger partial charge in [0.05, 0.1) is 0 Å². The van der Waals surface area contributed by atoms with Gasteiger partial charge >= 0.3 is 18.1 Å². The van der Waals surface area contributed by atoms with Crippen LogP contribution in [0.2, 0.25) is 0 Å². The van der Waals surface area contributed by atoms with Crippen molar-refractivity contribution in [2.24, 2.45) is 12.8 Å². The van der Waals surface area contributed by atoms with Crippen LogP contribution in [0.3, 0.4) is 0 Å². The van der Waals surface area contributed by atoms with Crippen LogP contribution in [0.4, 0.5) is 13.2 Å². The molecule has 0 bridgehead atoms. The van der Waals surface area contributed by atoms with Gasteiger partial charge in [-0.05, 0) is 12.8 Å². The van der Waals surface area contributed by atoms with Gasteiger partial charge < -0.3 is 20.8 Å². The van der Waals surface area contributed by atoms with Crippen LogP contribution in [0.15, 0.2) is 6.07 Å². The summed E-state index contributed by atoms with van der Waals surface area (Å²) in [6, 6.07) is 1.34. The van der Waals surface area contributed by atoms with Gasteiger partial charge in [-0.25, -0.2) is 9.59 Å². The molecule has 2 heterocycles. The van der Waals surface area contributed by atoms with Crippen molar-refractivity contribution in [3.63, 3.8) is 0 Å². The lowest BCUT2D eigenvalue weighted by molar-refractivity contribution is -0.192. The highest BCUT2D eigenvalue weighted by molar-refractivity contribution is 5.96. The summed E-state index contributed by atoms with van der Waals surface area (Å²) in [5.74, 6) is -4.10. The van der Waals surface area contributed by atoms with Crippen molar-refractivity contribution in [2.75, 3.05) is 13.1 Å². The van der Waals surface area contributed by atoms with E-state index in [1.807, 2.05) is 0 Å². The number of hydrogen-bond acceptors (Lipinski definition) is 5. The molecule has 2 rings (SSSR count). The number of hydrogen-bond donors (Lipinski definition) is 3. The second-order valence-electron chi connectivity index (χ2n) is 5.18. The largest absolute Gasteiger partial charge is 0.490 e. The average molecular weight is 366 g/mol. The first-order valence-corrected chi connectivity index (χ1v) is 7.07. The van der Waals surface area contributed by atoms with Crippen molar-refractivity contribution in [1.29, 1.82) is 0 Å². The molecule has 140 valence electrons. The minimum absolute atomic E-state index is 0.0423. The zero-order valence-electron chi connectivity index (χ0n) is 13.2. The maximum absolute atomic E-state index is 12.3. The normalized spacial score (nSPS) is 17.0. The molecule has 0 saturated carbocycles. The second-order valence-corrected chi connectivity index (χ2v) is 5.18. The molecule has 9 nitrogen and oxygen atoms in total. The Morgan fingerprint density at radius 2 is 1.92 bits per heavy atom. The number of carboxylic acid groups (broad SMARTS) is 2. The highest BCUT2D eigenvalue weighted by atomic mass is 19.4. The van der Waals surface area contributed by atoms with Gasteiger partial charge in [-0.15, -0.1) is 0 Å². The van der Waals surface area contributed by atoms with Crippen molar-refractivity contribution >= 4 is 17.8 Å². The maximum atomic E-state index is 12.3. The lowest BCUT2D eigenvalue weighted by atomic mass is 10.2. The number of aryl methyl sites for hydroxylation is 1. The van der Waals surface area contributed by atoms with E-state index >= 15 is 0 Å². The molecule has 1 aromatic rings. The first kappa shape index (κ1) is 20.4. The Bertz CT molecular complexity index is 659. The van der Waals surface area contributed by atoms with E-state index in [0.717, 1.165) is 12.8 Å². The van der Waals surface area contributed by atoms with Crippen LogP contribution in [0.1, 0.15) is 33.8 Å². The smallest absolute Gasteiger partial charge is 0.476 e. The summed E-state index contributed by atoms with van der Waals surface area (Å²) in [5, 5.41) is 19.8. The van der Waals surface area contributed by atoms with E-state index in [2.05, 4.69) is 5.10 Å². The number of aromatic carboxylic acids is 1. The second kappa shape index (κ2) is 7.96. The maximum Gasteiger partial charge on any atom is 0.490 e. The van der Waals surface area contributed by atoms with E-state index < -0.39 is 18.1 Å². The molecule has 1 aromatic heterocycles. The molecular formula is C13H17F3N4O5. The van der Waals surface area contributed by atoms with Crippen molar-refractivity contribution in [1.82, 2.24) is 14.7 Å². The fraction of sp³-hybridized carbons (Fsp3) is 0.538. The summed E-state index contributed by atoms with van der Waals surface area (Å²) in [4.78, 5) is 33.7. The monoisotopic (exact) mass is 366 g/mol. The Hall–Kier alpha value is -2.63. The molecule has 0 radical (unpaired) electrons. The van der Waals surface area contributed by atoms with Crippen molar-refractivity contribution in [3.05, 3.63) is 17.5 Å². The van der Waals surface area contributed by atoms with Crippen LogP contribution >= 0.6 is 0 Å². The molecule has 1 aliphatic heterocycles. The van der Waals surface area contributed by atoms with Gasteiger partial charge in [0.15, 0.2) is 5.69 Å². The number of nitrogens with zero attached hydrogens (tertiary/aromatic N) is 3. The van der Waals surface area contributed by atoms with Gasteiger partial charge in [-0.3, -0.25) is 9.48 Å². The highest BCUT2D eigenvalue weighted by Gasteiger charge is 2.38. The molecule has 4 N–H and O–H groups in total. The topological polar surface area (TPSA) is 139 Å². The molecule has 1 atom stereocenters. The molecule has 0 aliphatic carbocycles.